The van der Waals surface area contributed by atoms with E-state index in [1.54, 1.807) is 0 Å². The molecule has 0 saturated heterocycles. The number of rotatable bonds is 4. The summed E-state index contributed by atoms with van der Waals surface area (Å²) in [4.78, 5) is 10.5. The van der Waals surface area contributed by atoms with Gasteiger partial charge in [-0.1, -0.05) is 24.3 Å². The normalized spacial score (nSPS) is 23.8. The molecule has 3 heteroatoms. The number of aryl methyl sites for hydroxylation is 1. The Labute approximate surface area is 101 Å². The summed E-state index contributed by atoms with van der Waals surface area (Å²) in [6, 6.07) is 8.14. The highest BCUT2D eigenvalue weighted by atomic mass is 16.4. The van der Waals surface area contributed by atoms with E-state index >= 15 is 0 Å². The van der Waals surface area contributed by atoms with Gasteiger partial charge >= 0.3 is 5.97 Å². The second-order valence-electron chi connectivity index (χ2n) is 4.80. The van der Waals surface area contributed by atoms with E-state index < -0.39 is 5.97 Å². The second kappa shape index (κ2) is 5.32. The second-order valence-corrected chi connectivity index (χ2v) is 4.80. The summed E-state index contributed by atoms with van der Waals surface area (Å²) in [5, 5.41) is 18.1. The zero-order valence-corrected chi connectivity index (χ0v) is 9.80. The summed E-state index contributed by atoms with van der Waals surface area (Å²) in [6.45, 7) is 0. The fraction of sp³-hybridized carbons (Fsp3) is 0.500. The molecule has 0 aromatic heterocycles. The Morgan fingerprint density at radius 2 is 1.94 bits per heavy atom. The van der Waals surface area contributed by atoms with Gasteiger partial charge in [-0.25, -0.2) is 0 Å². The number of aliphatic carboxylic acids is 1. The monoisotopic (exact) mass is 234 g/mol. The van der Waals surface area contributed by atoms with Crippen molar-refractivity contribution in [1.82, 2.24) is 0 Å². The quantitative estimate of drug-likeness (QED) is 0.840. The molecule has 0 aliphatic heterocycles. The molecule has 0 heterocycles. The van der Waals surface area contributed by atoms with E-state index in [1.807, 2.05) is 12.1 Å². The lowest BCUT2D eigenvalue weighted by Gasteiger charge is -2.10. The van der Waals surface area contributed by atoms with E-state index in [2.05, 4.69) is 12.1 Å². The van der Waals surface area contributed by atoms with Crippen LogP contribution in [0.4, 0.5) is 0 Å². The van der Waals surface area contributed by atoms with Crippen LogP contribution in [0.5, 0.6) is 0 Å². The minimum atomic E-state index is -0.756. The first-order chi connectivity index (χ1) is 8.15. The summed E-state index contributed by atoms with van der Waals surface area (Å²) in [7, 11) is 0. The molecular formula is C14H18O3. The van der Waals surface area contributed by atoms with Gasteiger partial charge in [0.2, 0.25) is 0 Å². The molecule has 1 aromatic rings. The van der Waals surface area contributed by atoms with Crippen LogP contribution in [0.15, 0.2) is 24.3 Å². The molecule has 2 rings (SSSR count). The van der Waals surface area contributed by atoms with Crippen LogP contribution in [0.25, 0.3) is 0 Å². The van der Waals surface area contributed by atoms with Crippen LogP contribution in [-0.2, 0) is 11.2 Å². The van der Waals surface area contributed by atoms with Gasteiger partial charge in [-0.3, -0.25) is 4.79 Å². The standard InChI is InChI=1S/C14H18O3/c15-13-7-6-12(9-13)11-4-1-10(2-5-11)3-8-14(16)17/h1-2,4-5,12-13,15H,3,6-9H2,(H,16,17). The number of hydrogen-bond acceptors (Lipinski definition) is 2. The van der Waals surface area contributed by atoms with E-state index in [9.17, 15) is 9.90 Å². The molecule has 92 valence electrons. The van der Waals surface area contributed by atoms with Crippen molar-refractivity contribution in [1.29, 1.82) is 0 Å². The Morgan fingerprint density at radius 1 is 1.24 bits per heavy atom. The van der Waals surface area contributed by atoms with E-state index in [0.29, 0.717) is 12.3 Å². The maximum absolute atomic E-state index is 10.5. The maximum Gasteiger partial charge on any atom is 0.303 e. The van der Waals surface area contributed by atoms with Crippen molar-refractivity contribution in [2.75, 3.05) is 0 Å². The van der Waals surface area contributed by atoms with Crippen LogP contribution in [0.1, 0.15) is 42.7 Å². The lowest BCUT2D eigenvalue weighted by atomic mass is 9.96. The molecule has 3 nitrogen and oxygen atoms in total. The topological polar surface area (TPSA) is 57.5 Å². The number of carbonyl (C=O) groups is 1. The first kappa shape index (κ1) is 12.1. The Kier molecular flexibility index (Phi) is 3.79. The number of hydrogen-bond donors (Lipinski definition) is 2. The molecule has 0 radical (unpaired) electrons. The first-order valence-corrected chi connectivity index (χ1v) is 6.14. The fourth-order valence-electron chi connectivity index (χ4n) is 2.47. The van der Waals surface area contributed by atoms with Gasteiger partial charge < -0.3 is 10.2 Å². The van der Waals surface area contributed by atoms with Gasteiger partial charge in [-0.2, -0.15) is 0 Å². The van der Waals surface area contributed by atoms with Crippen molar-refractivity contribution in [3.63, 3.8) is 0 Å². The summed E-state index contributed by atoms with van der Waals surface area (Å²) in [6.07, 6.45) is 3.42. The maximum atomic E-state index is 10.5. The Bertz CT molecular complexity index is 383. The number of aliphatic hydroxyl groups is 1. The SMILES string of the molecule is O=C(O)CCc1ccc(C2CCC(O)C2)cc1. The molecule has 2 atom stereocenters. The van der Waals surface area contributed by atoms with Gasteiger partial charge in [0.1, 0.15) is 0 Å². The average Bonchev–Trinajstić information content (AvgIpc) is 2.74. The zero-order chi connectivity index (χ0) is 12.3. The van der Waals surface area contributed by atoms with Gasteiger partial charge in [0.05, 0.1) is 6.10 Å². The Hall–Kier alpha value is -1.35. The van der Waals surface area contributed by atoms with E-state index in [0.717, 1.165) is 24.8 Å². The van der Waals surface area contributed by atoms with Crippen molar-refractivity contribution < 1.29 is 15.0 Å². The largest absolute Gasteiger partial charge is 0.481 e. The van der Waals surface area contributed by atoms with Crippen LogP contribution in [0, 0.1) is 0 Å². The molecule has 2 N–H and O–H groups in total. The molecule has 0 amide bonds. The molecule has 1 aliphatic carbocycles. The summed E-state index contributed by atoms with van der Waals surface area (Å²) >= 11 is 0. The minimum Gasteiger partial charge on any atom is -0.481 e. The first-order valence-electron chi connectivity index (χ1n) is 6.14. The van der Waals surface area contributed by atoms with Gasteiger partial charge in [0.15, 0.2) is 0 Å². The Morgan fingerprint density at radius 3 is 2.47 bits per heavy atom. The van der Waals surface area contributed by atoms with Gasteiger partial charge in [-0.15, -0.1) is 0 Å². The third-order valence-electron chi connectivity index (χ3n) is 3.48. The Balaban J connectivity index is 1.95. The highest BCUT2D eigenvalue weighted by Gasteiger charge is 2.23. The predicted molar refractivity (Wildman–Crippen MR) is 65.0 cm³/mol. The van der Waals surface area contributed by atoms with Crippen LogP contribution in [0.2, 0.25) is 0 Å². The van der Waals surface area contributed by atoms with Gasteiger partial charge in [0, 0.05) is 6.42 Å². The van der Waals surface area contributed by atoms with Crippen LogP contribution >= 0.6 is 0 Å². The van der Waals surface area contributed by atoms with E-state index in [-0.39, 0.29) is 12.5 Å². The predicted octanol–water partition coefficient (Wildman–Crippen LogP) is 2.33. The fourth-order valence-corrected chi connectivity index (χ4v) is 2.47. The van der Waals surface area contributed by atoms with Crippen LogP contribution < -0.4 is 0 Å². The molecule has 0 spiro atoms. The third kappa shape index (κ3) is 3.30. The molecule has 2 unspecified atom stereocenters. The van der Waals surface area contributed by atoms with Crippen molar-refractivity contribution >= 4 is 5.97 Å². The average molecular weight is 234 g/mol. The molecule has 1 fully saturated rings. The van der Waals surface area contributed by atoms with Gasteiger partial charge in [-0.05, 0) is 42.7 Å². The van der Waals surface area contributed by atoms with Crippen LogP contribution in [0.3, 0.4) is 0 Å². The van der Waals surface area contributed by atoms with Crippen molar-refractivity contribution in [3.8, 4) is 0 Å². The molecular weight excluding hydrogens is 216 g/mol. The smallest absolute Gasteiger partial charge is 0.303 e. The minimum absolute atomic E-state index is 0.147. The van der Waals surface area contributed by atoms with Crippen LogP contribution in [-0.4, -0.2) is 22.3 Å². The number of benzene rings is 1. The van der Waals surface area contributed by atoms with Crippen molar-refractivity contribution in [2.45, 2.75) is 44.1 Å². The lowest BCUT2D eigenvalue weighted by Crippen LogP contribution is -2.00. The van der Waals surface area contributed by atoms with Crippen molar-refractivity contribution in [2.24, 2.45) is 0 Å². The zero-order valence-electron chi connectivity index (χ0n) is 9.80. The van der Waals surface area contributed by atoms with E-state index in [4.69, 9.17) is 5.11 Å². The summed E-state index contributed by atoms with van der Waals surface area (Å²) in [5.41, 5.74) is 2.33. The molecule has 1 aromatic carbocycles. The van der Waals surface area contributed by atoms with E-state index in [1.165, 1.54) is 5.56 Å². The number of carboxylic acids is 1. The molecule has 1 aliphatic rings. The third-order valence-corrected chi connectivity index (χ3v) is 3.48. The molecule has 0 bridgehead atoms. The van der Waals surface area contributed by atoms with Crippen molar-refractivity contribution in [3.05, 3.63) is 35.4 Å². The molecule has 1 saturated carbocycles. The number of carboxylic acid groups (broad SMARTS) is 1. The highest BCUT2D eigenvalue weighted by Crippen LogP contribution is 2.34. The number of aliphatic hydroxyl groups excluding tert-OH is 1. The summed E-state index contributed by atoms with van der Waals surface area (Å²) in [5.74, 6) is -0.286. The lowest BCUT2D eigenvalue weighted by molar-refractivity contribution is -0.136. The van der Waals surface area contributed by atoms with Gasteiger partial charge in [0.25, 0.3) is 0 Å². The molecule has 17 heavy (non-hydrogen) atoms. The summed E-state index contributed by atoms with van der Waals surface area (Å²) < 4.78 is 0. The highest BCUT2D eigenvalue weighted by molar-refractivity contribution is 5.67.